The van der Waals surface area contributed by atoms with Crippen LogP contribution in [0.3, 0.4) is 0 Å². The van der Waals surface area contributed by atoms with Gasteiger partial charge < -0.3 is 5.11 Å². The second kappa shape index (κ2) is 9.88. The summed E-state index contributed by atoms with van der Waals surface area (Å²) in [5, 5.41) is 13.0. The van der Waals surface area contributed by atoms with Gasteiger partial charge in [-0.2, -0.15) is 5.10 Å². The first-order valence-corrected chi connectivity index (χ1v) is 11.4. The molecule has 32 heavy (non-hydrogen) atoms. The van der Waals surface area contributed by atoms with Crippen molar-refractivity contribution in [1.82, 2.24) is 5.43 Å². The quantitative estimate of drug-likeness (QED) is 0.403. The van der Waals surface area contributed by atoms with Crippen LogP contribution < -0.4 is 9.73 Å². The molecule has 0 saturated carbocycles. The fourth-order valence-electron chi connectivity index (χ4n) is 2.95. The summed E-state index contributed by atoms with van der Waals surface area (Å²) in [7, 11) is -3.50. The number of para-hydroxylation sites is 1. The number of carboxylic acids is 1. The first kappa shape index (κ1) is 22.7. The van der Waals surface area contributed by atoms with E-state index in [1.54, 1.807) is 72.8 Å². The zero-order valence-electron chi connectivity index (χ0n) is 17.2. The molecule has 0 radical (unpaired) electrons. The molecule has 0 spiro atoms. The third-order valence-electron chi connectivity index (χ3n) is 4.55. The van der Waals surface area contributed by atoms with E-state index in [4.69, 9.17) is 0 Å². The molecule has 0 fully saturated rings. The summed E-state index contributed by atoms with van der Waals surface area (Å²) in [5.41, 5.74) is 4.36. The van der Waals surface area contributed by atoms with E-state index in [0.29, 0.717) is 22.4 Å². The van der Waals surface area contributed by atoms with E-state index in [1.807, 2.05) is 0 Å². The van der Waals surface area contributed by atoms with Crippen molar-refractivity contribution in [3.63, 3.8) is 0 Å². The lowest BCUT2D eigenvalue weighted by atomic mass is 10.1. The van der Waals surface area contributed by atoms with Crippen molar-refractivity contribution in [2.24, 2.45) is 5.10 Å². The average Bonchev–Trinajstić information content (AvgIpc) is 2.78. The Hall–Kier alpha value is -3.98. The van der Waals surface area contributed by atoms with Crippen LogP contribution in [0.15, 0.2) is 84.0 Å². The molecule has 0 atom stereocenters. The third-order valence-corrected chi connectivity index (χ3v) is 5.69. The highest BCUT2D eigenvalue weighted by atomic mass is 32.2. The summed E-state index contributed by atoms with van der Waals surface area (Å²) >= 11 is 0. The standard InChI is InChI=1S/C23H21N3O5S/c1-32(30,31)26(20-8-3-2-4-9-20)16-17-11-13-18(14-12-17)22(27)25-24-15-19-7-5-6-10-21(19)23(28)29/h2-15H,16H2,1H3,(H,25,27)(H,28,29)/b24-15-. The number of aromatic carboxylic acids is 1. The van der Waals surface area contributed by atoms with Gasteiger partial charge >= 0.3 is 5.97 Å². The minimum Gasteiger partial charge on any atom is -0.478 e. The lowest BCUT2D eigenvalue weighted by molar-refractivity contribution is 0.0696. The van der Waals surface area contributed by atoms with Crippen LogP contribution >= 0.6 is 0 Å². The van der Waals surface area contributed by atoms with Crippen LogP contribution in [-0.2, 0) is 16.6 Å². The SMILES string of the molecule is CS(=O)(=O)N(Cc1ccc(C(=O)N/N=C\c2ccccc2C(=O)O)cc1)c1ccccc1. The molecular weight excluding hydrogens is 430 g/mol. The highest BCUT2D eigenvalue weighted by Crippen LogP contribution is 2.20. The van der Waals surface area contributed by atoms with Crippen molar-refractivity contribution < 1.29 is 23.1 Å². The van der Waals surface area contributed by atoms with Gasteiger partial charge in [-0.1, -0.05) is 48.5 Å². The van der Waals surface area contributed by atoms with Gasteiger partial charge in [-0.05, 0) is 35.9 Å². The second-order valence-electron chi connectivity index (χ2n) is 6.89. The number of sulfonamides is 1. The van der Waals surface area contributed by atoms with E-state index in [9.17, 15) is 23.1 Å². The smallest absolute Gasteiger partial charge is 0.336 e. The van der Waals surface area contributed by atoms with Gasteiger partial charge in [-0.15, -0.1) is 0 Å². The molecule has 9 heteroatoms. The molecule has 164 valence electrons. The number of carboxylic acid groups (broad SMARTS) is 1. The van der Waals surface area contributed by atoms with Crippen molar-refractivity contribution in [3.05, 3.63) is 101 Å². The molecule has 0 aliphatic carbocycles. The minimum atomic E-state index is -3.50. The van der Waals surface area contributed by atoms with Gasteiger partial charge in [-0.3, -0.25) is 9.10 Å². The molecule has 0 bridgehead atoms. The monoisotopic (exact) mass is 451 g/mol. The fraction of sp³-hybridized carbons (Fsp3) is 0.0870. The molecule has 3 aromatic rings. The number of benzene rings is 3. The number of hydrogen-bond acceptors (Lipinski definition) is 5. The molecule has 0 saturated heterocycles. The number of carbonyl (C=O) groups is 2. The van der Waals surface area contributed by atoms with Gasteiger partial charge in [0.15, 0.2) is 0 Å². The lowest BCUT2D eigenvalue weighted by Crippen LogP contribution is -2.29. The summed E-state index contributed by atoms with van der Waals surface area (Å²) in [5.74, 6) is -1.57. The minimum absolute atomic E-state index is 0.0729. The van der Waals surface area contributed by atoms with Crippen molar-refractivity contribution in [3.8, 4) is 0 Å². The molecule has 0 aliphatic rings. The molecule has 0 heterocycles. The fourth-order valence-corrected chi connectivity index (χ4v) is 3.84. The largest absolute Gasteiger partial charge is 0.478 e. The van der Waals surface area contributed by atoms with Crippen molar-refractivity contribution >= 4 is 33.8 Å². The Morgan fingerprint density at radius 3 is 2.22 bits per heavy atom. The number of carbonyl (C=O) groups excluding carboxylic acids is 1. The molecule has 0 aromatic heterocycles. The molecule has 3 aromatic carbocycles. The highest BCUT2D eigenvalue weighted by molar-refractivity contribution is 7.92. The highest BCUT2D eigenvalue weighted by Gasteiger charge is 2.17. The van der Waals surface area contributed by atoms with E-state index in [2.05, 4.69) is 10.5 Å². The zero-order chi connectivity index (χ0) is 23.1. The molecule has 0 unspecified atom stereocenters. The maximum Gasteiger partial charge on any atom is 0.336 e. The molecule has 3 rings (SSSR count). The van der Waals surface area contributed by atoms with Crippen LogP contribution in [0.25, 0.3) is 0 Å². The zero-order valence-corrected chi connectivity index (χ0v) is 18.0. The first-order valence-electron chi connectivity index (χ1n) is 9.53. The first-order chi connectivity index (χ1) is 15.3. The van der Waals surface area contributed by atoms with Gasteiger partial charge in [0.2, 0.25) is 10.0 Å². The Bertz CT molecular complexity index is 1240. The van der Waals surface area contributed by atoms with Crippen LogP contribution in [-0.4, -0.2) is 37.9 Å². The van der Waals surface area contributed by atoms with E-state index >= 15 is 0 Å². The number of hydrogen-bond donors (Lipinski definition) is 2. The Labute approximate surface area is 185 Å². The van der Waals surface area contributed by atoms with Crippen LogP contribution in [0.4, 0.5) is 5.69 Å². The predicted molar refractivity (Wildman–Crippen MR) is 122 cm³/mol. The Kier molecular flexibility index (Phi) is 7.01. The number of rotatable bonds is 8. The van der Waals surface area contributed by atoms with Gasteiger partial charge in [0, 0.05) is 11.1 Å². The van der Waals surface area contributed by atoms with Crippen molar-refractivity contribution in [2.75, 3.05) is 10.6 Å². The molecule has 8 nitrogen and oxygen atoms in total. The van der Waals surface area contributed by atoms with Gasteiger partial charge in [0.05, 0.1) is 30.3 Å². The molecular formula is C23H21N3O5S. The molecule has 1 amide bonds. The Morgan fingerprint density at radius 2 is 1.59 bits per heavy atom. The van der Waals surface area contributed by atoms with Crippen LogP contribution in [0.5, 0.6) is 0 Å². The van der Waals surface area contributed by atoms with Crippen LogP contribution in [0, 0.1) is 0 Å². The van der Waals surface area contributed by atoms with E-state index in [1.165, 1.54) is 16.6 Å². The number of anilines is 1. The number of amides is 1. The maximum absolute atomic E-state index is 12.3. The Balaban J connectivity index is 1.69. The number of nitrogens with zero attached hydrogens (tertiary/aromatic N) is 2. The summed E-state index contributed by atoms with van der Waals surface area (Å²) in [6.07, 6.45) is 2.40. The van der Waals surface area contributed by atoms with Crippen LogP contribution in [0.2, 0.25) is 0 Å². The summed E-state index contributed by atoms with van der Waals surface area (Å²) in [6, 6.07) is 21.5. The van der Waals surface area contributed by atoms with Gasteiger partial charge in [0.25, 0.3) is 5.91 Å². The van der Waals surface area contributed by atoms with Gasteiger partial charge in [0.1, 0.15) is 0 Å². The summed E-state index contributed by atoms with van der Waals surface area (Å²) < 4.78 is 25.7. The van der Waals surface area contributed by atoms with Gasteiger partial charge in [-0.25, -0.2) is 18.6 Å². The third kappa shape index (κ3) is 5.79. The number of nitrogens with one attached hydrogen (secondary N) is 1. The van der Waals surface area contributed by atoms with Crippen molar-refractivity contribution in [1.29, 1.82) is 0 Å². The second-order valence-corrected chi connectivity index (χ2v) is 8.80. The topological polar surface area (TPSA) is 116 Å². The average molecular weight is 452 g/mol. The summed E-state index contributed by atoms with van der Waals surface area (Å²) in [4.78, 5) is 23.5. The Morgan fingerprint density at radius 1 is 0.969 bits per heavy atom. The summed E-state index contributed by atoms with van der Waals surface area (Å²) in [6.45, 7) is 0.120. The predicted octanol–water partition coefficient (Wildman–Crippen LogP) is 3.11. The maximum atomic E-state index is 12.3. The van der Waals surface area contributed by atoms with E-state index in [-0.39, 0.29) is 12.1 Å². The lowest BCUT2D eigenvalue weighted by Gasteiger charge is -2.22. The molecule has 2 N–H and O–H groups in total. The van der Waals surface area contributed by atoms with Crippen LogP contribution in [0.1, 0.15) is 31.8 Å². The van der Waals surface area contributed by atoms with Crippen molar-refractivity contribution in [2.45, 2.75) is 6.54 Å². The van der Waals surface area contributed by atoms with E-state index in [0.717, 1.165) is 6.26 Å². The normalized spacial score (nSPS) is 11.3. The molecule has 0 aliphatic heterocycles. The number of hydrazone groups is 1. The van der Waals surface area contributed by atoms with E-state index < -0.39 is 21.9 Å².